The molecular weight excluding hydrogens is 501 g/mol. The molecule has 3 fully saturated rings. The average Bonchev–Trinajstić information content (AvgIpc) is 2.87. The summed E-state index contributed by atoms with van der Waals surface area (Å²) < 4.78 is 74.5. The van der Waals surface area contributed by atoms with Crippen molar-refractivity contribution < 1.29 is 40.7 Å². The summed E-state index contributed by atoms with van der Waals surface area (Å²) in [6.45, 7) is 1.29. The molecule has 8 nitrogen and oxygen atoms in total. The van der Waals surface area contributed by atoms with E-state index in [2.05, 4.69) is 5.48 Å². The lowest BCUT2D eigenvalue weighted by atomic mass is 9.88. The Bertz CT molecular complexity index is 775. The van der Waals surface area contributed by atoms with E-state index in [0.717, 1.165) is 32.1 Å². The number of halogens is 3. The van der Waals surface area contributed by atoms with Crippen molar-refractivity contribution >= 4 is 15.9 Å². The molecule has 1 atom stereocenters. The Hall–Kier alpha value is -0.950. The van der Waals surface area contributed by atoms with E-state index < -0.39 is 39.6 Å². The fraction of sp³-hybridized carbons (Fsp3) is 0.958. The predicted molar refractivity (Wildman–Crippen MR) is 127 cm³/mol. The van der Waals surface area contributed by atoms with Gasteiger partial charge in [-0.1, -0.05) is 32.1 Å². The van der Waals surface area contributed by atoms with Crippen molar-refractivity contribution in [2.24, 2.45) is 5.92 Å². The van der Waals surface area contributed by atoms with E-state index in [1.54, 1.807) is 0 Å². The SMILES string of the molecule is O=C(NOC1CCCCO1)C1(S(=O)(=O)N2CCC(CCCCOCCC(F)(F)F)CC2)CCCCC1. The first-order valence-electron chi connectivity index (χ1n) is 13.4. The number of rotatable bonds is 12. The van der Waals surface area contributed by atoms with Crippen LogP contribution in [0.5, 0.6) is 0 Å². The van der Waals surface area contributed by atoms with Crippen LogP contribution in [0.25, 0.3) is 0 Å². The maximum Gasteiger partial charge on any atom is 0.391 e. The van der Waals surface area contributed by atoms with Crippen LogP contribution in [0.3, 0.4) is 0 Å². The number of amides is 1. The molecule has 2 heterocycles. The number of unbranched alkanes of at least 4 members (excludes halogenated alkanes) is 1. The molecule has 3 aliphatic rings. The minimum atomic E-state index is -4.19. The number of hydroxylamine groups is 1. The Morgan fingerprint density at radius 2 is 1.72 bits per heavy atom. The van der Waals surface area contributed by atoms with Crippen LogP contribution < -0.4 is 5.48 Å². The first kappa shape index (κ1) is 29.6. The van der Waals surface area contributed by atoms with Gasteiger partial charge in [0.1, 0.15) is 0 Å². The molecule has 2 aliphatic heterocycles. The number of hydrogen-bond acceptors (Lipinski definition) is 6. The first-order chi connectivity index (χ1) is 17.1. The summed E-state index contributed by atoms with van der Waals surface area (Å²) in [5, 5.41) is 0. The Balaban J connectivity index is 1.45. The summed E-state index contributed by atoms with van der Waals surface area (Å²) in [6, 6.07) is 0. The maximum atomic E-state index is 13.8. The standard InChI is InChI=1S/C24H41F3N2O6S/c25-24(26,27)14-19-33-17-6-2-8-20-10-15-29(16-11-20)36(31,32)23(12-4-1-5-13-23)22(30)28-35-21-9-3-7-18-34-21/h20-21H,1-19H2,(H,28,30). The second-order valence-electron chi connectivity index (χ2n) is 10.2. The van der Waals surface area contributed by atoms with E-state index in [1.807, 2.05) is 0 Å². The van der Waals surface area contributed by atoms with E-state index in [4.69, 9.17) is 14.3 Å². The molecule has 12 heteroatoms. The highest BCUT2D eigenvalue weighted by Crippen LogP contribution is 2.39. The van der Waals surface area contributed by atoms with Crippen LogP contribution in [0, 0.1) is 5.92 Å². The van der Waals surface area contributed by atoms with Gasteiger partial charge in [-0.25, -0.2) is 23.0 Å². The number of sulfonamides is 1. The molecule has 3 rings (SSSR count). The van der Waals surface area contributed by atoms with Crippen LogP contribution in [0.1, 0.15) is 89.9 Å². The summed E-state index contributed by atoms with van der Waals surface area (Å²) in [5.74, 6) is -0.237. The molecule has 0 aromatic heterocycles. The van der Waals surface area contributed by atoms with E-state index >= 15 is 0 Å². The van der Waals surface area contributed by atoms with Crippen LogP contribution >= 0.6 is 0 Å². The lowest BCUT2D eigenvalue weighted by Gasteiger charge is -2.41. The highest BCUT2D eigenvalue weighted by Gasteiger charge is 2.54. The Labute approximate surface area is 212 Å². The molecule has 36 heavy (non-hydrogen) atoms. The van der Waals surface area contributed by atoms with Gasteiger partial charge in [-0.05, 0) is 50.9 Å². The van der Waals surface area contributed by atoms with Crippen LogP contribution in [-0.4, -0.2) is 68.8 Å². The Morgan fingerprint density at radius 1 is 1.00 bits per heavy atom. The van der Waals surface area contributed by atoms with Gasteiger partial charge in [-0.3, -0.25) is 4.79 Å². The monoisotopic (exact) mass is 542 g/mol. The first-order valence-corrected chi connectivity index (χ1v) is 14.8. The summed E-state index contributed by atoms with van der Waals surface area (Å²) in [4.78, 5) is 18.7. The lowest BCUT2D eigenvalue weighted by molar-refractivity contribution is -0.201. The molecule has 1 N–H and O–H groups in total. The van der Waals surface area contributed by atoms with Gasteiger partial charge in [0.25, 0.3) is 5.91 Å². The van der Waals surface area contributed by atoms with E-state index in [1.165, 1.54) is 4.31 Å². The smallest absolute Gasteiger partial charge is 0.381 e. The Kier molecular flexibility index (Phi) is 11.3. The third kappa shape index (κ3) is 8.28. The number of ether oxygens (including phenoxy) is 2. The maximum absolute atomic E-state index is 13.8. The van der Waals surface area contributed by atoms with Gasteiger partial charge in [0.05, 0.1) is 13.0 Å². The van der Waals surface area contributed by atoms with Crippen molar-refractivity contribution in [1.29, 1.82) is 0 Å². The fourth-order valence-electron chi connectivity index (χ4n) is 5.35. The second kappa shape index (κ2) is 13.7. The van der Waals surface area contributed by atoms with Crippen molar-refractivity contribution in [3.8, 4) is 0 Å². The van der Waals surface area contributed by atoms with Crippen molar-refractivity contribution in [3.05, 3.63) is 0 Å². The van der Waals surface area contributed by atoms with Crippen molar-refractivity contribution in [2.75, 3.05) is 32.9 Å². The number of carbonyl (C=O) groups is 1. The normalized spacial score (nSPS) is 24.5. The van der Waals surface area contributed by atoms with Gasteiger partial charge < -0.3 is 9.47 Å². The summed E-state index contributed by atoms with van der Waals surface area (Å²) in [6.07, 6.45) is 3.50. The zero-order valence-corrected chi connectivity index (χ0v) is 21.8. The molecule has 0 aromatic carbocycles. The van der Waals surface area contributed by atoms with Gasteiger partial charge in [0, 0.05) is 32.7 Å². The van der Waals surface area contributed by atoms with Crippen LogP contribution in [-0.2, 0) is 29.1 Å². The number of carbonyl (C=O) groups excluding carboxylic acids is 1. The summed E-state index contributed by atoms with van der Waals surface area (Å²) in [5.41, 5.74) is 2.43. The number of nitrogens with zero attached hydrogens (tertiary/aromatic N) is 1. The largest absolute Gasteiger partial charge is 0.391 e. The molecule has 2 saturated heterocycles. The van der Waals surface area contributed by atoms with Crippen molar-refractivity contribution in [3.63, 3.8) is 0 Å². The molecule has 0 bridgehead atoms. The van der Waals surface area contributed by atoms with Gasteiger partial charge in [0.15, 0.2) is 11.0 Å². The van der Waals surface area contributed by atoms with Crippen molar-refractivity contribution in [2.45, 2.75) is 107 Å². The summed E-state index contributed by atoms with van der Waals surface area (Å²) >= 11 is 0. The van der Waals surface area contributed by atoms with Crippen LogP contribution in [0.15, 0.2) is 0 Å². The molecule has 1 amide bonds. The van der Waals surface area contributed by atoms with Gasteiger partial charge in [-0.15, -0.1) is 0 Å². The van der Waals surface area contributed by atoms with E-state index in [9.17, 15) is 26.4 Å². The van der Waals surface area contributed by atoms with Gasteiger partial charge in [-0.2, -0.15) is 13.2 Å². The molecule has 0 aromatic rings. The zero-order valence-electron chi connectivity index (χ0n) is 21.0. The predicted octanol–water partition coefficient (Wildman–Crippen LogP) is 4.44. The highest BCUT2D eigenvalue weighted by molar-refractivity contribution is 7.91. The van der Waals surface area contributed by atoms with Gasteiger partial charge in [0.2, 0.25) is 10.0 Å². The van der Waals surface area contributed by atoms with Crippen LogP contribution in [0.4, 0.5) is 13.2 Å². The lowest BCUT2D eigenvalue weighted by Crippen LogP contribution is -2.59. The summed E-state index contributed by atoms with van der Waals surface area (Å²) in [7, 11) is -3.88. The number of hydrogen-bond donors (Lipinski definition) is 1. The molecule has 0 radical (unpaired) electrons. The fourth-order valence-corrected chi connectivity index (χ4v) is 7.62. The topological polar surface area (TPSA) is 94.2 Å². The minimum Gasteiger partial charge on any atom is -0.381 e. The molecule has 0 spiro atoms. The molecule has 1 saturated carbocycles. The Morgan fingerprint density at radius 3 is 2.36 bits per heavy atom. The average molecular weight is 543 g/mol. The number of piperidine rings is 1. The third-order valence-electron chi connectivity index (χ3n) is 7.58. The molecule has 210 valence electrons. The quantitative estimate of drug-likeness (QED) is 0.289. The number of alkyl halides is 3. The third-order valence-corrected chi connectivity index (χ3v) is 10.2. The molecule has 1 unspecified atom stereocenters. The van der Waals surface area contributed by atoms with Crippen molar-refractivity contribution in [1.82, 2.24) is 9.79 Å². The molecular formula is C24H41F3N2O6S. The van der Waals surface area contributed by atoms with Gasteiger partial charge >= 0.3 is 6.18 Å². The van der Waals surface area contributed by atoms with E-state index in [0.29, 0.717) is 70.7 Å². The van der Waals surface area contributed by atoms with Crippen LogP contribution in [0.2, 0.25) is 0 Å². The molecule has 1 aliphatic carbocycles. The zero-order chi connectivity index (χ0) is 26.1. The second-order valence-corrected chi connectivity index (χ2v) is 12.5. The highest BCUT2D eigenvalue weighted by atomic mass is 32.2. The van der Waals surface area contributed by atoms with E-state index in [-0.39, 0.29) is 19.4 Å². The number of nitrogens with one attached hydrogen (secondary N) is 1. The minimum absolute atomic E-state index is 0.282.